The van der Waals surface area contributed by atoms with E-state index in [9.17, 15) is 0 Å². The van der Waals surface area contributed by atoms with Crippen molar-refractivity contribution < 1.29 is 0 Å². The second-order valence-electron chi connectivity index (χ2n) is 4.49. The summed E-state index contributed by atoms with van der Waals surface area (Å²) in [6.07, 6.45) is 8.18. The highest BCUT2D eigenvalue weighted by Gasteiger charge is 2.05. The fraction of sp³-hybridized carbons (Fsp3) is 1.00. The lowest BCUT2D eigenvalue weighted by molar-refractivity contribution is 0.410. The van der Waals surface area contributed by atoms with Crippen molar-refractivity contribution in [2.45, 2.75) is 72.3 Å². The average molecular weight is 199 g/mol. The Hall–Kier alpha value is -0.0400. The van der Waals surface area contributed by atoms with E-state index in [4.69, 9.17) is 0 Å². The minimum Gasteiger partial charge on any atom is -0.314 e. The summed E-state index contributed by atoms with van der Waals surface area (Å²) in [4.78, 5) is 0. The highest BCUT2D eigenvalue weighted by atomic mass is 14.9. The predicted octanol–water partition coefficient (Wildman–Crippen LogP) is 3.98. The smallest absolute Gasteiger partial charge is 0.00643 e. The van der Waals surface area contributed by atoms with Crippen molar-refractivity contribution in [3.8, 4) is 0 Å². The molecule has 0 saturated carbocycles. The molecule has 0 aliphatic rings. The number of hydrogen-bond acceptors (Lipinski definition) is 1. The number of hydrogen-bond donors (Lipinski definition) is 1. The standard InChI is InChI=1S/C13H29N/c1-5-9-12(4)10-8-11-13(6-2)14-7-3/h12-14H,5-11H2,1-4H3. The minimum atomic E-state index is 0.758. The molecule has 0 fully saturated rings. The fourth-order valence-electron chi connectivity index (χ4n) is 2.09. The zero-order valence-corrected chi connectivity index (χ0v) is 10.6. The van der Waals surface area contributed by atoms with Crippen molar-refractivity contribution in [3.05, 3.63) is 0 Å². The molecule has 0 aromatic heterocycles. The van der Waals surface area contributed by atoms with Crippen molar-refractivity contribution in [2.24, 2.45) is 5.92 Å². The van der Waals surface area contributed by atoms with Gasteiger partial charge in [-0.2, -0.15) is 0 Å². The molecule has 2 atom stereocenters. The Balaban J connectivity index is 3.40. The SMILES string of the molecule is CCCC(C)CCCC(CC)NCC. The van der Waals surface area contributed by atoms with Gasteiger partial charge in [0, 0.05) is 6.04 Å². The van der Waals surface area contributed by atoms with E-state index in [-0.39, 0.29) is 0 Å². The van der Waals surface area contributed by atoms with Crippen LogP contribution in [-0.4, -0.2) is 12.6 Å². The quantitative estimate of drug-likeness (QED) is 0.592. The van der Waals surface area contributed by atoms with E-state index in [1.807, 2.05) is 0 Å². The molecule has 0 radical (unpaired) electrons. The normalized spacial score (nSPS) is 15.4. The molecule has 0 heterocycles. The Morgan fingerprint density at radius 2 is 1.71 bits per heavy atom. The van der Waals surface area contributed by atoms with Gasteiger partial charge in [0.2, 0.25) is 0 Å². The van der Waals surface area contributed by atoms with Gasteiger partial charge < -0.3 is 5.32 Å². The maximum atomic E-state index is 3.54. The van der Waals surface area contributed by atoms with Crippen LogP contribution in [0.25, 0.3) is 0 Å². The second-order valence-corrected chi connectivity index (χ2v) is 4.49. The van der Waals surface area contributed by atoms with Crippen molar-refractivity contribution in [1.82, 2.24) is 5.32 Å². The van der Waals surface area contributed by atoms with Gasteiger partial charge in [0.1, 0.15) is 0 Å². The van der Waals surface area contributed by atoms with Crippen LogP contribution >= 0.6 is 0 Å². The highest BCUT2D eigenvalue weighted by Crippen LogP contribution is 2.15. The van der Waals surface area contributed by atoms with Gasteiger partial charge in [-0.1, -0.05) is 53.4 Å². The van der Waals surface area contributed by atoms with Gasteiger partial charge in [0.15, 0.2) is 0 Å². The number of nitrogens with one attached hydrogen (secondary N) is 1. The van der Waals surface area contributed by atoms with Gasteiger partial charge in [0.05, 0.1) is 0 Å². The van der Waals surface area contributed by atoms with Gasteiger partial charge >= 0.3 is 0 Å². The fourth-order valence-corrected chi connectivity index (χ4v) is 2.09. The molecule has 0 bridgehead atoms. The topological polar surface area (TPSA) is 12.0 Å². The van der Waals surface area contributed by atoms with Crippen molar-refractivity contribution in [2.75, 3.05) is 6.54 Å². The van der Waals surface area contributed by atoms with E-state index in [1.54, 1.807) is 0 Å². The molecule has 0 aliphatic heterocycles. The van der Waals surface area contributed by atoms with Crippen LogP contribution in [0.3, 0.4) is 0 Å². The van der Waals surface area contributed by atoms with E-state index >= 15 is 0 Å². The van der Waals surface area contributed by atoms with E-state index in [1.165, 1.54) is 38.5 Å². The maximum absolute atomic E-state index is 3.54. The molecular weight excluding hydrogens is 170 g/mol. The molecular formula is C13H29N. The summed E-state index contributed by atoms with van der Waals surface area (Å²) in [6, 6.07) is 0.758. The Morgan fingerprint density at radius 3 is 2.21 bits per heavy atom. The first-order valence-electron chi connectivity index (χ1n) is 6.47. The summed E-state index contributed by atoms with van der Waals surface area (Å²) < 4.78 is 0. The van der Waals surface area contributed by atoms with Crippen molar-refractivity contribution in [1.29, 1.82) is 0 Å². The summed E-state index contributed by atoms with van der Waals surface area (Å²) in [7, 11) is 0. The third kappa shape index (κ3) is 7.37. The molecule has 0 aromatic rings. The minimum absolute atomic E-state index is 0.758. The third-order valence-electron chi connectivity index (χ3n) is 3.02. The van der Waals surface area contributed by atoms with E-state index in [2.05, 4.69) is 33.0 Å². The van der Waals surface area contributed by atoms with Crippen molar-refractivity contribution in [3.63, 3.8) is 0 Å². The Morgan fingerprint density at radius 1 is 1.00 bits per heavy atom. The lowest BCUT2D eigenvalue weighted by atomic mass is 9.97. The van der Waals surface area contributed by atoms with Gasteiger partial charge in [-0.05, 0) is 25.3 Å². The molecule has 86 valence electrons. The molecule has 0 aliphatic carbocycles. The summed E-state index contributed by atoms with van der Waals surface area (Å²) in [6.45, 7) is 10.3. The summed E-state index contributed by atoms with van der Waals surface area (Å²) >= 11 is 0. The van der Waals surface area contributed by atoms with Crippen LogP contribution < -0.4 is 5.32 Å². The average Bonchev–Trinajstić information content (AvgIpc) is 2.17. The largest absolute Gasteiger partial charge is 0.314 e. The van der Waals surface area contributed by atoms with Crippen LogP contribution in [-0.2, 0) is 0 Å². The Kier molecular flexibility index (Phi) is 9.49. The van der Waals surface area contributed by atoms with Crippen LogP contribution in [0.1, 0.15) is 66.2 Å². The van der Waals surface area contributed by atoms with Gasteiger partial charge in [-0.3, -0.25) is 0 Å². The summed E-state index contributed by atoms with van der Waals surface area (Å²) in [5.41, 5.74) is 0. The number of rotatable bonds is 9. The van der Waals surface area contributed by atoms with Crippen LogP contribution in [0, 0.1) is 5.92 Å². The first-order chi connectivity index (χ1) is 6.74. The van der Waals surface area contributed by atoms with Crippen LogP contribution in [0.15, 0.2) is 0 Å². The molecule has 0 aromatic carbocycles. The van der Waals surface area contributed by atoms with E-state index in [0.29, 0.717) is 0 Å². The second kappa shape index (κ2) is 9.51. The molecule has 1 N–H and O–H groups in total. The molecule has 1 nitrogen and oxygen atoms in total. The summed E-state index contributed by atoms with van der Waals surface area (Å²) in [5, 5.41) is 3.54. The van der Waals surface area contributed by atoms with Crippen LogP contribution in [0.4, 0.5) is 0 Å². The van der Waals surface area contributed by atoms with Crippen LogP contribution in [0.2, 0.25) is 0 Å². The first kappa shape index (κ1) is 14.0. The Labute approximate surface area is 90.7 Å². The van der Waals surface area contributed by atoms with Gasteiger partial charge in [-0.15, -0.1) is 0 Å². The maximum Gasteiger partial charge on any atom is 0.00643 e. The predicted molar refractivity (Wildman–Crippen MR) is 65.7 cm³/mol. The molecule has 0 amide bonds. The molecule has 0 spiro atoms. The molecule has 0 rings (SSSR count). The summed E-state index contributed by atoms with van der Waals surface area (Å²) in [5.74, 6) is 0.930. The molecule has 0 saturated heterocycles. The molecule has 1 heteroatoms. The lowest BCUT2D eigenvalue weighted by Crippen LogP contribution is -2.27. The zero-order valence-electron chi connectivity index (χ0n) is 10.6. The van der Waals surface area contributed by atoms with Crippen LogP contribution in [0.5, 0.6) is 0 Å². The molecule has 2 unspecified atom stereocenters. The zero-order chi connectivity index (χ0) is 10.8. The van der Waals surface area contributed by atoms with E-state index < -0.39 is 0 Å². The molecule has 14 heavy (non-hydrogen) atoms. The third-order valence-corrected chi connectivity index (χ3v) is 3.02. The van der Waals surface area contributed by atoms with Crippen molar-refractivity contribution >= 4 is 0 Å². The Bertz CT molecular complexity index is 112. The first-order valence-corrected chi connectivity index (χ1v) is 6.47. The lowest BCUT2D eigenvalue weighted by Gasteiger charge is -2.16. The van der Waals surface area contributed by atoms with Gasteiger partial charge in [0.25, 0.3) is 0 Å². The monoisotopic (exact) mass is 199 g/mol. The van der Waals surface area contributed by atoms with Gasteiger partial charge in [-0.25, -0.2) is 0 Å². The highest BCUT2D eigenvalue weighted by molar-refractivity contribution is 4.64. The van der Waals surface area contributed by atoms with E-state index in [0.717, 1.165) is 18.5 Å².